The molecule has 3 heterocycles. The Morgan fingerprint density at radius 1 is 1.08 bits per heavy atom. The molecule has 38 heavy (non-hydrogen) atoms. The predicted octanol–water partition coefficient (Wildman–Crippen LogP) is 5.10. The third-order valence-electron chi connectivity index (χ3n) is 7.23. The first-order chi connectivity index (χ1) is 18.0. The number of nitrogens with zero attached hydrogens (tertiary/aromatic N) is 4. The van der Waals surface area contributed by atoms with Crippen molar-refractivity contribution >= 4 is 34.8 Å². The number of thiophene rings is 1. The summed E-state index contributed by atoms with van der Waals surface area (Å²) in [6.07, 6.45) is 9.19. The molecule has 1 aliphatic heterocycles. The molecule has 2 aromatic heterocycles. The number of likely N-dealkylation sites (tertiary alicyclic amines) is 1. The Bertz CT molecular complexity index is 1220. The molecule has 0 unspecified atom stereocenters. The van der Waals surface area contributed by atoms with Crippen LogP contribution < -0.4 is 4.90 Å². The summed E-state index contributed by atoms with van der Waals surface area (Å²) in [5.74, 6) is 5.52. The molecule has 9 heteroatoms. The lowest BCUT2D eigenvalue weighted by atomic mass is 9.82. The summed E-state index contributed by atoms with van der Waals surface area (Å²) < 4.78 is 0. The number of carbonyl (C=O) groups is 3. The Balaban J connectivity index is 1.63. The number of anilines is 1. The van der Waals surface area contributed by atoms with E-state index in [0.717, 1.165) is 37.0 Å². The number of piperidine rings is 1. The molecule has 4 rings (SSSR count). The quantitative estimate of drug-likeness (QED) is 0.534. The third kappa shape index (κ3) is 6.60. The molecule has 1 aliphatic carbocycles. The van der Waals surface area contributed by atoms with Crippen molar-refractivity contribution in [2.45, 2.75) is 72.3 Å². The van der Waals surface area contributed by atoms with E-state index in [1.54, 1.807) is 15.9 Å². The van der Waals surface area contributed by atoms with Crippen molar-refractivity contribution in [1.29, 1.82) is 0 Å². The molecule has 2 fully saturated rings. The van der Waals surface area contributed by atoms with E-state index in [1.165, 1.54) is 18.6 Å². The lowest BCUT2D eigenvalue weighted by molar-refractivity contribution is -0.124. The van der Waals surface area contributed by atoms with E-state index < -0.39 is 5.97 Å². The summed E-state index contributed by atoms with van der Waals surface area (Å²) in [5, 5.41) is 10.1. The Kier molecular flexibility index (Phi) is 8.51. The zero-order valence-corrected chi connectivity index (χ0v) is 23.4. The van der Waals surface area contributed by atoms with E-state index in [4.69, 9.17) is 0 Å². The maximum atomic E-state index is 14.0. The van der Waals surface area contributed by atoms with E-state index in [0.29, 0.717) is 48.1 Å². The van der Waals surface area contributed by atoms with Crippen LogP contribution in [-0.4, -0.2) is 56.9 Å². The van der Waals surface area contributed by atoms with E-state index in [2.05, 4.69) is 28.7 Å². The van der Waals surface area contributed by atoms with Crippen molar-refractivity contribution in [3.63, 3.8) is 0 Å². The lowest BCUT2D eigenvalue weighted by Crippen LogP contribution is -2.51. The van der Waals surface area contributed by atoms with Crippen molar-refractivity contribution in [1.82, 2.24) is 14.9 Å². The van der Waals surface area contributed by atoms with Gasteiger partial charge in [-0.3, -0.25) is 14.6 Å². The second-order valence-corrected chi connectivity index (χ2v) is 12.5. The number of hydrogen-bond donors (Lipinski definition) is 1. The van der Waals surface area contributed by atoms with Crippen LogP contribution in [0.25, 0.3) is 0 Å². The number of rotatable bonds is 5. The van der Waals surface area contributed by atoms with Gasteiger partial charge in [-0.2, -0.15) is 0 Å². The number of carboxylic acid groups (broad SMARTS) is 1. The van der Waals surface area contributed by atoms with Crippen molar-refractivity contribution in [2.24, 2.45) is 17.3 Å². The summed E-state index contributed by atoms with van der Waals surface area (Å²) in [7, 11) is 0. The fourth-order valence-electron chi connectivity index (χ4n) is 5.12. The molecular weight excluding hydrogens is 500 g/mol. The summed E-state index contributed by atoms with van der Waals surface area (Å²) in [6, 6.07) is 1.57. The van der Waals surface area contributed by atoms with Gasteiger partial charge in [-0.1, -0.05) is 18.8 Å². The zero-order valence-electron chi connectivity index (χ0n) is 22.6. The molecule has 8 nitrogen and oxygen atoms in total. The van der Waals surface area contributed by atoms with E-state index in [1.807, 2.05) is 20.8 Å². The fraction of sp³-hybridized carbons (Fsp3) is 0.552. The van der Waals surface area contributed by atoms with Crippen molar-refractivity contribution < 1.29 is 19.5 Å². The molecule has 1 N–H and O–H groups in total. The van der Waals surface area contributed by atoms with Gasteiger partial charge < -0.3 is 14.9 Å². The van der Waals surface area contributed by atoms with Gasteiger partial charge in [0.1, 0.15) is 10.6 Å². The van der Waals surface area contributed by atoms with Gasteiger partial charge in [0.2, 0.25) is 5.91 Å². The minimum atomic E-state index is -1.06. The van der Waals surface area contributed by atoms with Crippen LogP contribution in [-0.2, 0) is 4.79 Å². The van der Waals surface area contributed by atoms with Crippen LogP contribution in [0.5, 0.6) is 0 Å². The minimum absolute atomic E-state index is 0.00812. The second kappa shape index (κ2) is 11.6. The van der Waals surface area contributed by atoms with E-state index in [9.17, 15) is 19.5 Å². The monoisotopic (exact) mass is 536 g/mol. The highest BCUT2D eigenvalue weighted by molar-refractivity contribution is 7.15. The maximum absolute atomic E-state index is 14.0. The topological polar surface area (TPSA) is 104 Å². The molecule has 0 atom stereocenters. The second-order valence-electron chi connectivity index (χ2n) is 11.4. The number of carboxylic acids is 1. The van der Waals surface area contributed by atoms with E-state index >= 15 is 0 Å². The van der Waals surface area contributed by atoms with Crippen LogP contribution in [0.3, 0.4) is 0 Å². The minimum Gasteiger partial charge on any atom is -0.477 e. The molecule has 1 saturated heterocycles. The standard InChI is InChI=1S/C29H36N4O4S/c1-19-5-7-20(8-6-19)26(34)33(24-17-22(9-12-29(2,3)4)38-25(24)28(36)37)21-10-15-32(16-11-21)27(35)23-18-30-13-14-31-23/h13-14,17-21H,5-8,10-11,15-16H2,1-4H3,(H,36,37). The van der Waals surface area contributed by atoms with Crippen LogP contribution in [0.1, 0.15) is 91.3 Å². The molecule has 2 aliphatic rings. The predicted molar refractivity (Wildman–Crippen MR) is 147 cm³/mol. The van der Waals surface area contributed by atoms with Gasteiger partial charge >= 0.3 is 5.97 Å². The van der Waals surface area contributed by atoms with Crippen LogP contribution in [0.15, 0.2) is 24.7 Å². The molecular formula is C29H36N4O4S. The lowest BCUT2D eigenvalue weighted by Gasteiger charge is -2.40. The average Bonchev–Trinajstić information content (AvgIpc) is 3.32. The molecule has 0 bridgehead atoms. The SMILES string of the molecule is CC1CCC(C(=O)N(c2cc(C#CC(C)(C)C)sc2C(=O)O)C2CCN(C(=O)c3cnccn3)CC2)CC1. The largest absolute Gasteiger partial charge is 0.477 e. The van der Waals surface area contributed by atoms with Gasteiger partial charge in [-0.25, -0.2) is 9.78 Å². The Labute approximate surface area is 228 Å². The Hall–Kier alpha value is -3.25. The molecule has 1 saturated carbocycles. The van der Waals surface area contributed by atoms with Gasteiger partial charge in [0.25, 0.3) is 5.91 Å². The molecule has 2 aromatic rings. The van der Waals surface area contributed by atoms with Gasteiger partial charge in [0.05, 0.1) is 16.8 Å². The van der Waals surface area contributed by atoms with Gasteiger partial charge in [0.15, 0.2) is 0 Å². The average molecular weight is 537 g/mol. The highest BCUT2D eigenvalue weighted by Crippen LogP contribution is 2.38. The summed E-state index contributed by atoms with van der Waals surface area (Å²) in [6.45, 7) is 9.13. The molecule has 0 aromatic carbocycles. The molecule has 2 amide bonds. The third-order valence-corrected chi connectivity index (χ3v) is 8.26. The molecule has 0 spiro atoms. The van der Waals surface area contributed by atoms with Crippen LogP contribution in [0, 0.1) is 29.1 Å². The highest BCUT2D eigenvalue weighted by atomic mass is 32.1. The number of amides is 2. The zero-order chi connectivity index (χ0) is 27.4. The van der Waals surface area contributed by atoms with Crippen LogP contribution in [0.4, 0.5) is 5.69 Å². The number of hydrogen-bond acceptors (Lipinski definition) is 6. The number of carbonyl (C=O) groups excluding carboxylic acids is 2. The van der Waals surface area contributed by atoms with Gasteiger partial charge in [-0.05, 0) is 71.3 Å². The summed E-state index contributed by atoms with van der Waals surface area (Å²) >= 11 is 1.12. The summed E-state index contributed by atoms with van der Waals surface area (Å²) in [4.78, 5) is 51.6. The Morgan fingerprint density at radius 3 is 2.34 bits per heavy atom. The maximum Gasteiger partial charge on any atom is 0.348 e. The normalized spacial score (nSPS) is 20.4. The van der Waals surface area contributed by atoms with Crippen molar-refractivity contribution in [3.05, 3.63) is 40.1 Å². The van der Waals surface area contributed by atoms with Crippen LogP contribution >= 0.6 is 11.3 Å². The van der Waals surface area contributed by atoms with Crippen molar-refractivity contribution in [2.75, 3.05) is 18.0 Å². The highest BCUT2D eigenvalue weighted by Gasteiger charge is 2.38. The van der Waals surface area contributed by atoms with Gasteiger partial charge in [0, 0.05) is 42.9 Å². The van der Waals surface area contributed by atoms with E-state index in [-0.39, 0.29) is 34.1 Å². The van der Waals surface area contributed by atoms with Crippen LogP contribution in [0.2, 0.25) is 0 Å². The smallest absolute Gasteiger partial charge is 0.348 e. The van der Waals surface area contributed by atoms with Crippen molar-refractivity contribution in [3.8, 4) is 11.8 Å². The summed E-state index contributed by atoms with van der Waals surface area (Å²) in [5.41, 5.74) is 0.496. The molecule has 202 valence electrons. The number of aromatic nitrogens is 2. The first-order valence-corrected chi connectivity index (χ1v) is 14.1. The molecule has 0 radical (unpaired) electrons. The number of aromatic carboxylic acids is 1. The fourth-order valence-corrected chi connectivity index (χ4v) is 5.96. The first-order valence-electron chi connectivity index (χ1n) is 13.3. The van der Waals surface area contributed by atoms with Gasteiger partial charge in [-0.15, -0.1) is 11.3 Å². The first kappa shape index (κ1) is 27.8. The Morgan fingerprint density at radius 2 is 1.76 bits per heavy atom.